The largest absolute Gasteiger partial charge is 0.391 e. The Labute approximate surface area is 107 Å². The summed E-state index contributed by atoms with van der Waals surface area (Å²) in [6.45, 7) is 11.6. The van der Waals surface area contributed by atoms with Gasteiger partial charge in [0.1, 0.15) is 0 Å². The number of likely N-dealkylation sites (N-methyl/N-ethyl adjacent to an activating group) is 1. The van der Waals surface area contributed by atoms with Gasteiger partial charge < -0.3 is 10.4 Å². The van der Waals surface area contributed by atoms with E-state index in [4.69, 9.17) is 0 Å². The minimum atomic E-state index is -0.197. The van der Waals surface area contributed by atoms with E-state index in [-0.39, 0.29) is 12.1 Å². The summed E-state index contributed by atoms with van der Waals surface area (Å²) in [6.07, 6.45) is 1.76. The third kappa shape index (κ3) is 3.03. The molecule has 0 heterocycles. The third-order valence-corrected chi connectivity index (χ3v) is 5.63. The molecule has 1 rings (SSSR count). The summed E-state index contributed by atoms with van der Waals surface area (Å²) in [7, 11) is 1.95. The zero-order valence-electron chi connectivity index (χ0n) is 12.4. The molecule has 6 unspecified atom stereocenters. The summed E-state index contributed by atoms with van der Waals surface area (Å²) in [6, 6.07) is 0.251. The molecule has 0 radical (unpaired) electrons. The van der Waals surface area contributed by atoms with Crippen LogP contribution >= 0.6 is 0 Å². The fourth-order valence-corrected chi connectivity index (χ4v) is 3.76. The van der Waals surface area contributed by atoms with Crippen LogP contribution in [0.5, 0.6) is 0 Å². The molecular weight excluding hydrogens is 210 g/mol. The molecule has 2 N–H and O–H groups in total. The van der Waals surface area contributed by atoms with Gasteiger partial charge in [-0.2, -0.15) is 0 Å². The summed E-state index contributed by atoms with van der Waals surface area (Å²) in [5.41, 5.74) is 0. The molecule has 17 heavy (non-hydrogen) atoms. The molecule has 2 heteroatoms. The molecule has 1 fully saturated rings. The zero-order chi connectivity index (χ0) is 13.2. The predicted molar refractivity (Wildman–Crippen MR) is 73.9 cm³/mol. The highest BCUT2D eigenvalue weighted by Gasteiger charge is 2.42. The number of aliphatic hydroxyl groups excluding tert-OH is 1. The van der Waals surface area contributed by atoms with Crippen molar-refractivity contribution in [3.63, 3.8) is 0 Å². The molecule has 102 valence electrons. The molecule has 0 spiro atoms. The predicted octanol–water partition coefficient (Wildman–Crippen LogP) is 2.91. The second-order valence-corrected chi connectivity index (χ2v) is 6.21. The lowest BCUT2D eigenvalue weighted by atomic mass is 9.83. The Morgan fingerprint density at radius 1 is 1.00 bits per heavy atom. The van der Waals surface area contributed by atoms with E-state index in [9.17, 15) is 5.11 Å². The van der Waals surface area contributed by atoms with Gasteiger partial charge in [0.15, 0.2) is 0 Å². The van der Waals surface area contributed by atoms with Crippen LogP contribution in [0, 0.1) is 29.6 Å². The summed E-state index contributed by atoms with van der Waals surface area (Å²) in [4.78, 5) is 0. The van der Waals surface area contributed by atoms with Gasteiger partial charge in [0.05, 0.1) is 6.10 Å². The second kappa shape index (κ2) is 6.19. The van der Waals surface area contributed by atoms with E-state index >= 15 is 0 Å². The number of aliphatic hydroxyl groups is 1. The highest BCUT2D eigenvalue weighted by atomic mass is 16.3. The van der Waals surface area contributed by atoms with Crippen LogP contribution in [-0.2, 0) is 0 Å². The Morgan fingerprint density at radius 2 is 1.47 bits per heavy atom. The molecule has 0 aromatic rings. The number of hydrogen-bond donors (Lipinski definition) is 2. The summed E-state index contributed by atoms with van der Waals surface area (Å²) < 4.78 is 0. The van der Waals surface area contributed by atoms with Gasteiger partial charge in [0, 0.05) is 6.04 Å². The molecule has 0 amide bonds. The van der Waals surface area contributed by atoms with Crippen LogP contribution in [0.1, 0.15) is 47.5 Å². The average molecular weight is 241 g/mol. The van der Waals surface area contributed by atoms with Crippen molar-refractivity contribution in [2.75, 3.05) is 7.05 Å². The van der Waals surface area contributed by atoms with Gasteiger partial charge in [0.2, 0.25) is 0 Å². The summed E-state index contributed by atoms with van der Waals surface area (Å²) >= 11 is 0. The molecule has 1 aliphatic carbocycles. The van der Waals surface area contributed by atoms with Crippen molar-refractivity contribution < 1.29 is 5.11 Å². The van der Waals surface area contributed by atoms with Gasteiger partial charge in [0.25, 0.3) is 0 Å². The lowest BCUT2D eigenvalue weighted by molar-refractivity contribution is 0.0833. The lowest BCUT2D eigenvalue weighted by Gasteiger charge is -2.28. The van der Waals surface area contributed by atoms with Crippen molar-refractivity contribution in [1.29, 1.82) is 0 Å². The maximum Gasteiger partial charge on any atom is 0.0695 e. The van der Waals surface area contributed by atoms with Crippen LogP contribution in [0.2, 0.25) is 0 Å². The van der Waals surface area contributed by atoms with E-state index < -0.39 is 0 Å². The van der Waals surface area contributed by atoms with Gasteiger partial charge in [-0.05, 0) is 49.5 Å². The van der Waals surface area contributed by atoms with Gasteiger partial charge in [-0.1, -0.05) is 34.6 Å². The first-order valence-corrected chi connectivity index (χ1v) is 7.29. The van der Waals surface area contributed by atoms with Gasteiger partial charge in [-0.3, -0.25) is 0 Å². The van der Waals surface area contributed by atoms with Crippen LogP contribution in [0.15, 0.2) is 0 Å². The third-order valence-electron chi connectivity index (χ3n) is 5.63. The zero-order valence-corrected chi connectivity index (χ0v) is 12.4. The van der Waals surface area contributed by atoms with Crippen LogP contribution in [0.4, 0.5) is 0 Å². The Hall–Kier alpha value is -0.0800. The normalized spacial score (nSPS) is 41.5. The second-order valence-electron chi connectivity index (χ2n) is 6.21. The molecule has 1 saturated carbocycles. The molecule has 0 aromatic carbocycles. The first-order chi connectivity index (χ1) is 7.93. The topological polar surface area (TPSA) is 32.3 Å². The molecule has 0 saturated heterocycles. The maximum atomic E-state index is 10.3. The average Bonchev–Trinajstić information content (AvgIpc) is 2.48. The van der Waals surface area contributed by atoms with Crippen molar-refractivity contribution in [1.82, 2.24) is 5.32 Å². The van der Waals surface area contributed by atoms with E-state index in [2.05, 4.69) is 39.9 Å². The Bertz CT molecular complexity index is 213. The van der Waals surface area contributed by atoms with E-state index in [1.54, 1.807) is 0 Å². The highest BCUT2D eigenvalue weighted by molar-refractivity contribution is 4.91. The van der Waals surface area contributed by atoms with Gasteiger partial charge in [-0.15, -0.1) is 0 Å². The molecule has 2 nitrogen and oxygen atoms in total. The number of hydrogen-bond acceptors (Lipinski definition) is 2. The van der Waals surface area contributed by atoms with E-state index in [1.165, 1.54) is 0 Å². The minimum absolute atomic E-state index is 0.197. The van der Waals surface area contributed by atoms with Crippen LogP contribution in [0.3, 0.4) is 0 Å². The van der Waals surface area contributed by atoms with Crippen molar-refractivity contribution in [3.05, 3.63) is 0 Å². The number of nitrogens with one attached hydrogen (secondary N) is 1. The van der Waals surface area contributed by atoms with Crippen molar-refractivity contribution in [2.45, 2.75) is 59.6 Å². The first kappa shape index (κ1) is 15.0. The molecular formula is C15H31NO. The highest BCUT2D eigenvalue weighted by Crippen LogP contribution is 2.47. The summed E-state index contributed by atoms with van der Waals surface area (Å²) in [5.74, 6) is 3.74. The van der Waals surface area contributed by atoms with E-state index in [0.29, 0.717) is 5.92 Å². The van der Waals surface area contributed by atoms with Crippen molar-refractivity contribution in [2.24, 2.45) is 29.6 Å². The monoisotopic (exact) mass is 241 g/mol. The Balaban J connectivity index is 2.62. The SMILES string of the molecule is CCC(NC)C(O)CC1C(C)C(C)C(C)C1C. The fraction of sp³-hybridized carbons (Fsp3) is 1.00. The van der Waals surface area contributed by atoms with Gasteiger partial charge >= 0.3 is 0 Å². The molecule has 1 aliphatic rings. The molecule has 0 aromatic heterocycles. The summed E-state index contributed by atoms with van der Waals surface area (Å²) in [5, 5.41) is 13.5. The fourth-order valence-electron chi connectivity index (χ4n) is 3.76. The first-order valence-electron chi connectivity index (χ1n) is 7.29. The Kier molecular flexibility index (Phi) is 5.46. The van der Waals surface area contributed by atoms with Crippen LogP contribution in [-0.4, -0.2) is 24.3 Å². The number of rotatable bonds is 5. The maximum absolute atomic E-state index is 10.3. The van der Waals surface area contributed by atoms with Crippen molar-refractivity contribution in [3.8, 4) is 0 Å². The lowest BCUT2D eigenvalue weighted by Crippen LogP contribution is -2.39. The standard InChI is InChI=1S/C15H31NO/c1-7-14(16-6)15(17)8-13-11(4)9(2)10(3)12(13)5/h9-17H,7-8H2,1-6H3. The van der Waals surface area contributed by atoms with E-state index in [0.717, 1.165) is 36.5 Å². The minimum Gasteiger partial charge on any atom is -0.391 e. The van der Waals surface area contributed by atoms with Crippen LogP contribution < -0.4 is 5.32 Å². The molecule has 6 atom stereocenters. The van der Waals surface area contributed by atoms with Gasteiger partial charge in [-0.25, -0.2) is 0 Å². The van der Waals surface area contributed by atoms with Crippen molar-refractivity contribution >= 4 is 0 Å². The Morgan fingerprint density at radius 3 is 1.82 bits per heavy atom. The molecule has 0 bridgehead atoms. The van der Waals surface area contributed by atoms with E-state index in [1.807, 2.05) is 7.05 Å². The quantitative estimate of drug-likeness (QED) is 0.775. The van der Waals surface area contributed by atoms with Crippen LogP contribution in [0.25, 0.3) is 0 Å². The smallest absolute Gasteiger partial charge is 0.0695 e. The molecule has 0 aliphatic heterocycles.